The molecule has 26 heavy (non-hydrogen) atoms. The number of fused-ring (bicyclic) bond motifs is 1. The van der Waals surface area contributed by atoms with Crippen LogP contribution in [0.5, 0.6) is 11.5 Å². The number of ether oxygens (including phenoxy) is 2. The molecule has 0 spiro atoms. The molecule has 1 N–H and O–H groups in total. The zero-order chi connectivity index (χ0) is 18.7. The van der Waals surface area contributed by atoms with Crippen molar-refractivity contribution < 1.29 is 19.1 Å². The number of benzene rings is 2. The third-order valence-electron chi connectivity index (χ3n) is 4.34. The fourth-order valence-corrected chi connectivity index (χ4v) is 2.76. The average molecular weight is 354 g/mol. The summed E-state index contributed by atoms with van der Waals surface area (Å²) in [5.41, 5.74) is 0.362. The van der Waals surface area contributed by atoms with E-state index in [1.807, 2.05) is 30.3 Å². The Morgan fingerprint density at radius 2 is 1.77 bits per heavy atom. The molecule has 2 aromatic rings. The summed E-state index contributed by atoms with van der Waals surface area (Å²) in [6, 6.07) is 14.8. The van der Waals surface area contributed by atoms with E-state index in [9.17, 15) is 9.59 Å². The van der Waals surface area contributed by atoms with Crippen LogP contribution in [0, 0.1) is 5.41 Å². The Morgan fingerprint density at radius 3 is 2.50 bits per heavy atom. The van der Waals surface area contributed by atoms with Crippen molar-refractivity contribution in [3.63, 3.8) is 0 Å². The number of nitrogens with one attached hydrogen (secondary N) is 1. The van der Waals surface area contributed by atoms with Crippen molar-refractivity contribution in [3.05, 3.63) is 54.1 Å². The minimum atomic E-state index is -1.21. The molecule has 136 valence electrons. The monoisotopic (exact) mass is 354 g/mol. The van der Waals surface area contributed by atoms with Crippen molar-refractivity contribution in [1.82, 2.24) is 4.90 Å². The van der Waals surface area contributed by atoms with Crippen molar-refractivity contribution in [2.24, 2.45) is 5.41 Å². The van der Waals surface area contributed by atoms with Crippen LogP contribution < -0.4 is 14.8 Å². The van der Waals surface area contributed by atoms with Gasteiger partial charge in [0.1, 0.15) is 5.41 Å². The van der Waals surface area contributed by atoms with E-state index < -0.39 is 5.41 Å². The van der Waals surface area contributed by atoms with Gasteiger partial charge in [-0.3, -0.25) is 9.59 Å². The van der Waals surface area contributed by atoms with Gasteiger partial charge in [0.15, 0.2) is 11.5 Å². The van der Waals surface area contributed by atoms with E-state index in [1.165, 1.54) is 0 Å². The van der Waals surface area contributed by atoms with Crippen molar-refractivity contribution >= 4 is 17.5 Å². The Kier molecular flexibility index (Phi) is 4.84. The molecule has 0 aliphatic carbocycles. The fraction of sp³-hybridized carbons (Fsp3) is 0.300. The van der Waals surface area contributed by atoms with E-state index in [0.717, 1.165) is 5.56 Å². The SMILES string of the molecule is CN(Cc1ccccc1)C(=O)C(C)(C)C(=O)Nc1ccc2c(c1)OCO2. The van der Waals surface area contributed by atoms with Gasteiger partial charge in [0.2, 0.25) is 18.6 Å². The minimum Gasteiger partial charge on any atom is -0.454 e. The highest BCUT2D eigenvalue weighted by Gasteiger charge is 2.38. The van der Waals surface area contributed by atoms with E-state index in [1.54, 1.807) is 44.0 Å². The van der Waals surface area contributed by atoms with Gasteiger partial charge < -0.3 is 19.7 Å². The van der Waals surface area contributed by atoms with Gasteiger partial charge in [-0.1, -0.05) is 30.3 Å². The molecule has 0 fully saturated rings. The van der Waals surface area contributed by atoms with Gasteiger partial charge in [0, 0.05) is 25.3 Å². The summed E-state index contributed by atoms with van der Waals surface area (Å²) in [5, 5.41) is 2.79. The fourth-order valence-electron chi connectivity index (χ4n) is 2.76. The van der Waals surface area contributed by atoms with Crippen LogP contribution in [0.15, 0.2) is 48.5 Å². The summed E-state index contributed by atoms with van der Waals surface area (Å²) in [5.74, 6) is 0.593. The molecule has 6 heteroatoms. The first-order valence-electron chi connectivity index (χ1n) is 8.38. The minimum absolute atomic E-state index is 0.168. The Balaban J connectivity index is 1.67. The topological polar surface area (TPSA) is 67.9 Å². The summed E-state index contributed by atoms with van der Waals surface area (Å²) in [7, 11) is 1.70. The first-order valence-corrected chi connectivity index (χ1v) is 8.38. The lowest BCUT2D eigenvalue weighted by molar-refractivity contribution is -0.145. The molecule has 1 heterocycles. The highest BCUT2D eigenvalue weighted by atomic mass is 16.7. The molecule has 2 aromatic carbocycles. The van der Waals surface area contributed by atoms with E-state index in [2.05, 4.69) is 5.32 Å². The van der Waals surface area contributed by atoms with Crippen LogP contribution >= 0.6 is 0 Å². The van der Waals surface area contributed by atoms with Crippen molar-refractivity contribution in [3.8, 4) is 11.5 Å². The third kappa shape index (κ3) is 3.64. The lowest BCUT2D eigenvalue weighted by Gasteiger charge is -2.28. The maximum absolute atomic E-state index is 12.8. The molecule has 2 amide bonds. The lowest BCUT2D eigenvalue weighted by Crippen LogP contribution is -2.45. The Bertz CT molecular complexity index is 818. The number of rotatable bonds is 5. The first kappa shape index (κ1) is 17.8. The molecule has 6 nitrogen and oxygen atoms in total. The molecule has 0 saturated heterocycles. The number of amides is 2. The second-order valence-electron chi connectivity index (χ2n) is 6.79. The Labute approximate surface area is 152 Å². The van der Waals surface area contributed by atoms with Gasteiger partial charge in [-0.15, -0.1) is 0 Å². The molecule has 0 bridgehead atoms. The maximum Gasteiger partial charge on any atom is 0.239 e. The normalized spacial score (nSPS) is 12.6. The van der Waals surface area contributed by atoms with Crippen LogP contribution in [0.1, 0.15) is 19.4 Å². The molecule has 0 radical (unpaired) electrons. The predicted octanol–water partition coefficient (Wildman–Crippen LogP) is 3.04. The average Bonchev–Trinajstić information content (AvgIpc) is 3.09. The first-order chi connectivity index (χ1) is 12.4. The molecule has 0 aromatic heterocycles. The summed E-state index contributed by atoms with van der Waals surface area (Å²) >= 11 is 0. The van der Waals surface area contributed by atoms with Crippen LogP contribution in [-0.4, -0.2) is 30.6 Å². The smallest absolute Gasteiger partial charge is 0.239 e. The van der Waals surface area contributed by atoms with Crippen LogP contribution in [0.25, 0.3) is 0 Å². The van der Waals surface area contributed by atoms with Crippen LogP contribution in [0.4, 0.5) is 5.69 Å². The van der Waals surface area contributed by atoms with Crippen LogP contribution in [-0.2, 0) is 16.1 Å². The number of carbonyl (C=O) groups excluding carboxylic acids is 2. The zero-order valence-electron chi connectivity index (χ0n) is 15.1. The van der Waals surface area contributed by atoms with E-state index in [0.29, 0.717) is 23.7 Å². The van der Waals surface area contributed by atoms with Crippen LogP contribution in [0.3, 0.4) is 0 Å². The zero-order valence-corrected chi connectivity index (χ0v) is 15.1. The van der Waals surface area contributed by atoms with Crippen molar-refractivity contribution in [2.75, 3.05) is 19.2 Å². The van der Waals surface area contributed by atoms with Gasteiger partial charge in [-0.05, 0) is 31.5 Å². The number of nitrogens with zero attached hydrogens (tertiary/aromatic N) is 1. The second kappa shape index (κ2) is 7.07. The Morgan fingerprint density at radius 1 is 1.08 bits per heavy atom. The lowest BCUT2D eigenvalue weighted by atomic mass is 9.90. The van der Waals surface area contributed by atoms with Gasteiger partial charge in [0.05, 0.1) is 0 Å². The molecule has 1 aliphatic heterocycles. The van der Waals surface area contributed by atoms with Crippen LogP contribution in [0.2, 0.25) is 0 Å². The second-order valence-corrected chi connectivity index (χ2v) is 6.79. The highest BCUT2D eigenvalue weighted by Crippen LogP contribution is 2.34. The summed E-state index contributed by atoms with van der Waals surface area (Å²) in [6.07, 6.45) is 0. The molecule has 0 saturated carbocycles. The number of anilines is 1. The standard InChI is InChI=1S/C20H22N2O4/c1-20(2,19(24)22(3)12-14-7-5-4-6-8-14)18(23)21-15-9-10-16-17(11-15)26-13-25-16/h4-11H,12-13H2,1-3H3,(H,21,23). The number of hydrogen-bond donors (Lipinski definition) is 1. The van der Waals surface area contributed by atoms with Gasteiger partial charge in [-0.2, -0.15) is 0 Å². The molecule has 1 aliphatic rings. The molecule has 0 atom stereocenters. The summed E-state index contributed by atoms with van der Waals surface area (Å²) in [6.45, 7) is 3.86. The van der Waals surface area contributed by atoms with E-state index >= 15 is 0 Å². The predicted molar refractivity (Wildman–Crippen MR) is 97.9 cm³/mol. The molecule has 0 unspecified atom stereocenters. The largest absolute Gasteiger partial charge is 0.454 e. The maximum atomic E-state index is 12.8. The van der Waals surface area contributed by atoms with Gasteiger partial charge in [0.25, 0.3) is 0 Å². The van der Waals surface area contributed by atoms with Crippen molar-refractivity contribution in [2.45, 2.75) is 20.4 Å². The molecular weight excluding hydrogens is 332 g/mol. The quantitative estimate of drug-likeness (QED) is 0.838. The van der Waals surface area contributed by atoms with Gasteiger partial charge >= 0.3 is 0 Å². The Hall–Kier alpha value is -3.02. The number of hydrogen-bond acceptors (Lipinski definition) is 4. The molecular formula is C20H22N2O4. The summed E-state index contributed by atoms with van der Waals surface area (Å²) in [4.78, 5) is 27.1. The molecule has 3 rings (SSSR count). The summed E-state index contributed by atoms with van der Waals surface area (Å²) < 4.78 is 10.6. The van der Waals surface area contributed by atoms with E-state index in [4.69, 9.17) is 9.47 Å². The van der Waals surface area contributed by atoms with Crippen molar-refractivity contribution in [1.29, 1.82) is 0 Å². The third-order valence-corrected chi connectivity index (χ3v) is 4.34. The van der Waals surface area contributed by atoms with Gasteiger partial charge in [-0.25, -0.2) is 0 Å². The highest BCUT2D eigenvalue weighted by molar-refractivity contribution is 6.09. The number of carbonyl (C=O) groups is 2. The van der Waals surface area contributed by atoms with E-state index in [-0.39, 0.29) is 18.6 Å².